The molecule has 32 heavy (non-hydrogen) atoms. The average Bonchev–Trinajstić information content (AvgIpc) is 2.77. The topological polar surface area (TPSA) is 62.1 Å². The number of ether oxygens (including phenoxy) is 1. The van der Waals surface area contributed by atoms with Gasteiger partial charge in [0.15, 0.2) is 0 Å². The Morgan fingerprint density at radius 2 is 1.84 bits per heavy atom. The number of nitrogens with zero attached hydrogens (tertiary/aromatic N) is 1. The van der Waals surface area contributed by atoms with Crippen molar-refractivity contribution in [1.82, 2.24) is 0 Å². The average molecular weight is 465 g/mol. The van der Waals surface area contributed by atoms with Crippen molar-refractivity contribution >= 4 is 40.9 Å². The number of anilines is 1. The van der Waals surface area contributed by atoms with Crippen LogP contribution in [0.5, 0.6) is 5.75 Å². The predicted molar refractivity (Wildman–Crippen MR) is 130 cm³/mol. The Hall–Kier alpha value is -3.26. The lowest BCUT2D eigenvalue weighted by molar-refractivity contribution is -0.112. The molecule has 0 aromatic heterocycles. The zero-order valence-electron chi connectivity index (χ0n) is 17.8. The van der Waals surface area contributed by atoms with Crippen LogP contribution < -0.4 is 10.1 Å². The number of nitrogens with one attached hydrogen (secondary N) is 1. The zero-order valence-corrected chi connectivity index (χ0v) is 19.3. The quantitative estimate of drug-likeness (QED) is 0.307. The molecular formula is C26H22Cl2N2O2. The van der Waals surface area contributed by atoms with Gasteiger partial charge >= 0.3 is 0 Å². The fourth-order valence-corrected chi connectivity index (χ4v) is 3.51. The van der Waals surface area contributed by atoms with Crippen LogP contribution >= 0.6 is 23.2 Å². The minimum Gasteiger partial charge on any atom is -0.494 e. The van der Waals surface area contributed by atoms with Crippen molar-refractivity contribution in [3.63, 3.8) is 0 Å². The fraction of sp³-hybridized carbons (Fsp3) is 0.154. The second-order valence-corrected chi connectivity index (χ2v) is 7.97. The maximum Gasteiger partial charge on any atom is 0.266 e. The molecule has 3 aromatic rings. The number of rotatable bonds is 7. The van der Waals surface area contributed by atoms with E-state index in [2.05, 4.69) is 5.32 Å². The fourth-order valence-electron chi connectivity index (χ4n) is 3.13. The highest BCUT2D eigenvalue weighted by molar-refractivity contribution is 6.32. The maximum absolute atomic E-state index is 12.6. The van der Waals surface area contributed by atoms with Crippen LogP contribution in [-0.4, -0.2) is 12.5 Å². The van der Waals surface area contributed by atoms with Gasteiger partial charge in [-0.1, -0.05) is 59.6 Å². The summed E-state index contributed by atoms with van der Waals surface area (Å²) < 4.78 is 5.81. The number of benzene rings is 3. The van der Waals surface area contributed by atoms with Crippen molar-refractivity contribution in [3.05, 3.63) is 98.5 Å². The molecule has 0 spiro atoms. The normalized spacial score (nSPS) is 11.0. The van der Waals surface area contributed by atoms with E-state index in [1.54, 1.807) is 18.2 Å². The summed E-state index contributed by atoms with van der Waals surface area (Å²) in [5.74, 6) is 0.176. The second kappa shape index (κ2) is 10.9. The third-order valence-electron chi connectivity index (χ3n) is 4.84. The second-order valence-electron chi connectivity index (χ2n) is 7.16. The summed E-state index contributed by atoms with van der Waals surface area (Å²) in [5, 5.41) is 13.5. The van der Waals surface area contributed by atoms with E-state index >= 15 is 0 Å². The van der Waals surface area contributed by atoms with Crippen LogP contribution in [-0.2, 0) is 11.2 Å². The minimum atomic E-state index is -0.509. The largest absolute Gasteiger partial charge is 0.494 e. The molecule has 0 bridgehead atoms. The van der Waals surface area contributed by atoms with E-state index in [1.807, 2.05) is 62.4 Å². The van der Waals surface area contributed by atoms with Gasteiger partial charge in [-0.3, -0.25) is 4.79 Å². The van der Waals surface area contributed by atoms with Crippen LogP contribution in [0.3, 0.4) is 0 Å². The first-order valence-electron chi connectivity index (χ1n) is 10.1. The number of carbonyl (C=O) groups excluding carboxylic acids is 1. The van der Waals surface area contributed by atoms with Gasteiger partial charge in [-0.2, -0.15) is 5.26 Å². The van der Waals surface area contributed by atoms with Gasteiger partial charge in [-0.05, 0) is 66.4 Å². The monoisotopic (exact) mass is 464 g/mol. The van der Waals surface area contributed by atoms with Gasteiger partial charge in [0.1, 0.15) is 17.4 Å². The molecule has 4 nitrogen and oxygen atoms in total. The molecule has 6 heteroatoms. The Morgan fingerprint density at radius 1 is 1.06 bits per heavy atom. The van der Waals surface area contributed by atoms with Crippen LogP contribution in [0.2, 0.25) is 10.0 Å². The molecule has 3 rings (SSSR count). The van der Waals surface area contributed by atoms with E-state index < -0.39 is 5.91 Å². The van der Waals surface area contributed by atoms with Crippen LogP contribution in [0.4, 0.5) is 5.69 Å². The summed E-state index contributed by atoms with van der Waals surface area (Å²) in [6, 6.07) is 20.4. The number of carbonyl (C=O) groups is 1. The molecule has 0 saturated heterocycles. The van der Waals surface area contributed by atoms with E-state index in [0.717, 1.165) is 16.7 Å². The summed E-state index contributed by atoms with van der Waals surface area (Å²) in [4.78, 5) is 12.6. The molecule has 1 N–H and O–H groups in total. The van der Waals surface area contributed by atoms with Crippen molar-refractivity contribution in [1.29, 1.82) is 5.26 Å². The molecule has 3 aromatic carbocycles. The van der Waals surface area contributed by atoms with Gasteiger partial charge in [0.05, 0.1) is 6.61 Å². The molecule has 0 atom stereocenters. The van der Waals surface area contributed by atoms with Crippen molar-refractivity contribution < 1.29 is 9.53 Å². The Bertz CT molecular complexity index is 1210. The SMILES string of the molecule is CCOc1cc(/C=C(\C#N)C(=O)Nc2ccc(C)c(Cl)c2)ccc1Cc1ccccc1Cl. The number of hydrogen-bond donors (Lipinski definition) is 1. The lowest BCUT2D eigenvalue weighted by atomic mass is 10.0. The third-order valence-corrected chi connectivity index (χ3v) is 5.61. The highest BCUT2D eigenvalue weighted by Gasteiger charge is 2.12. The molecule has 1 amide bonds. The third kappa shape index (κ3) is 5.91. The van der Waals surface area contributed by atoms with E-state index in [0.29, 0.717) is 40.1 Å². The zero-order chi connectivity index (χ0) is 23.1. The summed E-state index contributed by atoms with van der Waals surface area (Å²) in [5.41, 5.74) is 4.05. The molecule has 0 fully saturated rings. The van der Waals surface area contributed by atoms with Gasteiger partial charge in [0.2, 0.25) is 0 Å². The maximum atomic E-state index is 12.6. The smallest absolute Gasteiger partial charge is 0.266 e. The van der Waals surface area contributed by atoms with Gasteiger partial charge in [0.25, 0.3) is 5.91 Å². The highest BCUT2D eigenvalue weighted by Crippen LogP contribution is 2.27. The lowest BCUT2D eigenvalue weighted by Crippen LogP contribution is -2.13. The Balaban J connectivity index is 1.85. The summed E-state index contributed by atoms with van der Waals surface area (Å²) in [7, 11) is 0. The minimum absolute atomic E-state index is 0.0250. The van der Waals surface area contributed by atoms with Crippen molar-refractivity contribution in [2.24, 2.45) is 0 Å². The Labute approximate surface area is 198 Å². The number of hydrogen-bond acceptors (Lipinski definition) is 3. The van der Waals surface area contributed by atoms with Crippen LogP contribution in [0.25, 0.3) is 6.08 Å². The first kappa shape index (κ1) is 23.4. The van der Waals surface area contributed by atoms with E-state index in [4.69, 9.17) is 27.9 Å². The number of amides is 1. The van der Waals surface area contributed by atoms with Crippen molar-refractivity contribution in [2.75, 3.05) is 11.9 Å². The molecule has 0 radical (unpaired) electrons. The molecule has 162 valence electrons. The molecule has 0 saturated carbocycles. The molecular weight excluding hydrogens is 443 g/mol. The van der Waals surface area contributed by atoms with Crippen LogP contribution in [0, 0.1) is 18.3 Å². The first-order valence-corrected chi connectivity index (χ1v) is 10.8. The van der Waals surface area contributed by atoms with Gasteiger partial charge < -0.3 is 10.1 Å². The number of halogens is 2. The number of nitriles is 1. The predicted octanol–water partition coefficient (Wildman–Crippen LogP) is 6.84. The molecule has 0 unspecified atom stereocenters. The van der Waals surface area contributed by atoms with Crippen LogP contribution in [0.1, 0.15) is 29.2 Å². The van der Waals surface area contributed by atoms with Gasteiger partial charge in [-0.25, -0.2) is 0 Å². The summed E-state index contributed by atoms with van der Waals surface area (Å²) in [6.45, 7) is 4.27. The lowest BCUT2D eigenvalue weighted by Gasteiger charge is -2.12. The van der Waals surface area contributed by atoms with E-state index in [-0.39, 0.29) is 5.57 Å². The molecule has 0 aliphatic heterocycles. The first-order chi connectivity index (χ1) is 15.4. The molecule has 0 aliphatic rings. The molecule has 0 aliphatic carbocycles. The van der Waals surface area contributed by atoms with E-state index in [1.165, 1.54) is 6.08 Å². The highest BCUT2D eigenvalue weighted by atomic mass is 35.5. The Kier molecular flexibility index (Phi) is 7.94. The van der Waals surface area contributed by atoms with Gasteiger partial charge in [0, 0.05) is 22.2 Å². The van der Waals surface area contributed by atoms with Gasteiger partial charge in [-0.15, -0.1) is 0 Å². The molecule has 0 heterocycles. The standard InChI is InChI=1S/C26H22Cl2N2O2/c1-3-32-25-13-18(9-10-20(25)14-19-6-4-5-7-23(19)27)12-21(16-29)26(31)30-22-11-8-17(2)24(28)15-22/h4-13,15H,3,14H2,1-2H3,(H,30,31)/b21-12+. The van der Waals surface area contributed by atoms with Crippen LogP contribution in [0.15, 0.2) is 66.2 Å². The van der Waals surface area contributed by atoms with Crippen molar-refractivity contribution in [2.45, 2.75) is 20.3 Å². The Morgan fingerprint density at radius 3 is 2.53 bits per heavy atom. The van der Waals surface area contributed by atoms with E-state index in [9.17, 15) is 10.1 Å². The summed E-state index contributed by atoms with van der Waals surface area (Å²) >= 11 is 12.4. The number of aryl methyl sites for hydroxylation is 1. The van der Waals surface area contributed by atoms with Crippen molar-refractivity contribution in [3.8, 4) is 11.8 Å². The summed E-state index contributed by atoms with van der Waals surface area (Å²) in [6.07, 6.45) is 2.14.